The average molecular weight is 249 g/mol. The molecule has 18 heavy (non-hydrogen) atoms. The molecule has 0 saturated heterocycles. The van der Waals surface area contributed by atoms with Gasteiger partial charge in [-0.25, -0.2) is 4.79 Å². The smallest absolute Gasteiger partial charge is 0.353 e. The minimum atomic E-state index is -1.01. The molecule has 1 N–H and O–H groups in total. The Hall–Kier alpha value is -1.88. The maximum Gasteiger partial charge on any atom is 0.353 e. The van der Waals surface area contributed by atoms with Crippen LogP contribution in [0, 0.1) is 0 Å². The minimum Gasteiger partial charge on any atom is -0.477 e. The molecular weight excluding hydrogens is 234 g/mol. The first-order valence-corrected chi connectivity index (χ1v) is 5.83. The van der Waals surface area contributed by atoms with Gasteiger partial charge in [0.15, 0.2) is 5.71 Å². The predicted octanol–water partition coefficient (Wildman–Crippen LogP) is 1.82. The first-order chi connectivity index (χ1) is 8.75. The van der Waals surface area contributed by atoms with Crippen LogP contribution in [0.3, 0.4) is 0 Å². The molecule has 0 amide bonds. The fraction of sp³-hybridized carbons (Fsp3) is 0.385. The molecule has 1 aromatic rings. The standard InChI is InChI=1S/C13H15NO4/c15-13(16)12-8-11(18-14-12)6-7-17-9-10-4-2-1-3-5-10/h1-5,11H,6-9H2,(H,15,16). The molecule has 0 aromatic heterocycles. The summed E-state index contributed by atoms with van der Waals surface area (Å²) in [4.78, 5) is 15.6. The van der Waals surface area contributed by atoms with Crippen molar-refractivity contribution in [3.63, 3.8) is 0 Å². The SMILES string of the molecule is O=C(O)C1=NOC(CCOCc2ccccc2)C1. The number of oxime groups is 1. The van der Waals surface area contributed by atoms with Crippen LogP contribution in [-0.2, 0) is 21.0 Å². The van der Waals surface area contributed by atoms with E-state index in [4.69, 9.17) is 14.7 Å². The van der Waals surface area contributed by atoms with Crippen molar-refractivity contribution in [3.8, 4) is 0 Å². The maximum atomic E-state index is 10.6. The zero-order valence-corrected chi connectivity index (χ0v) is 9.91. The Labute approximate surface area is 105 Å². The Balaban J connectivity index is 1.62. The number of carboxylic acid groups (broad SMARTS) is 1. The molecule has 2 rings (SSSR count). The average Bonchev–Trinajstić information content (AvgIpc) is 2.85. The Morgan fingerprint density at radius 3 is 2.89 bits per heavy atom. The first kappa shape index (κ1) is 12.6. The lowest BCUT2D eigenvalue weighted by Crippen LogP contribution is -2.16. The predicted molar refractivity (Wildman–Crippen MR) is 65.3 cm³/mol. The van der Waals surface area contributed by atoms with Gasteiger partial charge in [-0.3, -0.25) is 0 Å². The third kappa shape index (κ3) is 3.56. The summed E-state index contributed by atoms with van der Waals surface area (Å²) < 4.78 is 5.50. The van der Waals surface area contributed by atoms with Crippen molar-refractivity contribution in [1.82, 2.24) is 0 Å². The summed E-state index contributed by atoms with van der Waals surface area (Å²) in [5.74, 6) is -1.01. The highest BCUT2D eigenvalue weighted by Gasteiger charge is 2.25. The Kier molecular flexibility index (Phi) is 4.30. The molecule has 0 bridgehead atoms. The number of hydrogen-bond acceptors (Lipinski definition) is 4. The molecule has 0 saturated carbocycles. The Morgan fingerprint density at radius 1 is 1.44 bits per heavy atom. The molecule has 0 spiro atoms. The normalized spacial score (nSPS) is 18.2. The van der Waals surface area contributed by atoms with Crippen LogP contribution in [0.25, 0.3) is 0 Å². The van der Waals surface area contributed by atoms with E-state index < -0.39 is 5.97 Å². The van der Waals surface area contributed by atoms with Crippen LogP contribution in [0.15, 0.2) is 35.5 Å². The number of ether oxygens (including phenoxy) is 1. The summed E-state index contributed by atoms with van der Waals surface area (Å²) in [7, 11) is 0. The van der Waals surface area contributed by atoms with Crippen molar-refractivity contribution in [1.29, 1.82) is 0 Å². The number of hydrogen-bond donors (Lipinski definition) is 1. The minimum absolute atomic E-state index is 0.0862. The van der Waals surface area contributed by atoms with E-state index in [0.717, 1.165) is 5.56 Å². The summed E-state index contributed by atoms with van der Waals surface area (Å²) in [6.45, 7) is 1.09. The lowest BCUT2D eigenvalue weighted by Gasteiger charge is -2.08. The molecular formula is C13H15NO4. The summed E-state index contributed by atoms with van der Waals surface area (Å²) in [6, 6.07) is 9.88. The fourth-order valence-corrected chi connectivity index (χ4v) is 1.69. The van der Waals surface area contributed by atoms with E-state index in [9.17, 15) is 4.79 Å². The number of aliphatic carboxylic acids is 1. The number of carbonyl (C=O) groups is 1. The van der Waals surface area contributed by atoms with Crippen molar-refractivity contribution >= 4 is 11.7 Å². The lowest BCUT2D eigenvalue weighted by molar-refractivity contribution is -0.129. The highest BCUT2D eigenvalue weighted by molar-refractivity contribution is 6.35. The van der Waals surface area contributed by atoms with E-state index in [0.29, 0.717) is 26.1 Å². The van der Waals surface area contributed by atoms with Crippen molar-refractivity contribution in [2.75, 3.05) is 6.61 Å². The van der Waals surface area contributed by atoms with Gasteiger partial charge < -0.3 is 14.7 Å². The van der Waals surface area contributed by atoms with E-state index in [-0.39, 0.29) is 11.8 Å². The highest BCUT2D eigenvalue weighted by Crippen LogP contribution is 2.14. The van der Waals surface area contributed by atoms with Gasteiger partial charge in [0, 0.05) is 12.8 Å². The molecule has 5 nitrogen and oxygen atoms in total. The molecule has 1 atom stereocenters. The summed E-state index contributed by atoms with van der Waals surface area (Å²) in [6.07, 6.45) is 0.823. The third-order valence-electron chi connectivity index (χ3n) is 2.68. The van der Waals surface area contributed by atoms with Crippen molar-refractivity contribution in [3.05, 3.63) is 35.9 Å². The fourth-order valence-electron chi connectivity index (χ4n) is 1.69. The van der Waals surface area contributed by atoms with Crippen LogP contribution in [0.4, 0.5) is 0 Å². The lowest BCUT2D eigenvalue weighted by atomic mass is 10.1. The van der Waals surface area contributed by atoms with Gasteiger partial charge in [0.25, 0.3) is 0 Å². The van der Waals surface area contributed by atoms with Crippen LogP contribution >= 0.6 is 0 Å². The molecule has 1 heterocycles. The largest absolute Gasteiger partial charge is 0.477 e. The van der Waals surface area contributed by atoms with Gasteiger partial charge in [-0.15, -0.1) is 0 Å². The quantitative estimate of drug-likeness (QED) is 0.781. The molecule has 5 heteroatoms. The second-order valence-electron chi connectivity index (χ2n) is 4.10. The van der Waals surface area contributed by atoms with E-state index in [1.165, 1.54) is 0 Å². The Morgan fingerprint density at radius 2 is 2.22 bits per heavy atom. The molecule has 0 fully saturated rings. The second kappa shape index (κ2) is 6.16. The van der Waals surface area contributed by atoms with Gasteiger partial charge in [-0.1, -0.05) is 35.5 Å². The molecule has 1 aromatic carbocycles. The summed E-state index contributed by atoms with van der Waals surface area (Å²) >= 11 is 0. The van der Waals surface area contributed by atoms with Crippen molar-refractivity contribution in [2.24, 2.45) is 5.16 Å². The number of nitrogens with zero attached hydrogens (tertiary/aromatic N) is 1. The highest BCUT2D eigenvalue weighted by atomic mass is 16.6. The van der Waals surface area contributed by atoms with Crippen LogP contribution in [-0.4, -0.2) is 29.5 Å². The van der Waals surface area contributed by atoms with Crippen LogP contribution in [0.2, 0.25) is 0 Å². The van der Waals surface area contributed by atoms with Gasteiger partial charge in [-0.2, -0.15) is 0 Å². The third-order valence-corrected chi connectivity index (χ3v) is 2.68. The Bertz CT molecular complexity index is 430. The summed E-state index contributed by atoms with van der Waals surface area (Å²) in [5.41, 5.74) is 1.20. The summed E-state index contributed by atoms with van der Waals surface area (Å²) in [5, 5.41) is 12.2. The van der Waals surface area contributed by atoms with E-state index in [2.05, 4.69) is 5.16 Å². The maximum absolute atomic E-state index is 10.6. The van der Waals surface area contributed by atoms with Crippen LogP contribution in [0.5, 0.6) is 0 Å². The molecule has 1 aliphatic heterocycles. The van der Waals surface area contributed by atoms with E-state index >= 15 is 0 Å². The number of carboxylic acids is 1. The zero-order valence-electron chi connectivity index (χ0n) is 9.91. The zero-order chi connectivity index (χ0) is 12.8. The van der Waals surface area contributed by atoms with Gasteiger partial charge >= 0.3 is 5.97 Å². The van der Waals surface area contributed by atoms with Gasteiger partial charge in [0.1, 0.15) is 6.10 Å². The topological polar surface area (TPSA) is 68.1 Å². The molecule has 1 unspecified atom stereocenters. The molecule has 1 aliphatic rings. The van der Waals surface area contributed by atoms with E-state index in [1.807, 2.05) is 30.3 Å². The monoisotopic (exact) mass is 249 g/mol. The number of rotatable bonds is 6. The van der Waals surface area contributed by atoms with Crippen LogP contribution < -0.4 is 0 Å². The number of benzene rings is 1. The van der Waals surface area contributed by atoms with Crippen molar-refractivity contribution in [2.45, 2.75) is 25.6 Å². The second-order valence-corrected chi connectivity index (χ2v) is 4.10. The van der Waals surface area contributed by atoms with Gasteiger partial charge in [-0.05, 0) is 5.56 Å². The molecule has 0 aliphatic carbocycles. The van der Waals surface area contributed by atoms with Crippen molar-refractivity contribution < 1.29 is 19.5 Å². The van der Waals surface area contributed by atoms with Gasteiger partial charge in [0.2, 0.25) is 0 Å². The first-order valence-electron chi connectivity index (χ1n) is 5.83. The molecule has 96 valence electrons. The molecule has 0 radical (unpaired) electrons. The van der Waals surface area contributed by atoms with Crippen LogP contribution in [0.1, 0.15) is 18.4 Å². The van der Waals surface area contributed by atoms with Gasteiger partial charge in [0.05, 0.1) is 13.2 Å². The van der Waals surface area contributed by atoms with E-state index in [1.54, 1.807) is 0 Å².